The van der Waals surface area contributed by atoms with Crippen molar-refractivity contribution in [2.24, 2.45) is 0 Å². The van der Waals surface area contributed by atoms with E-state index in [0.29, 0.717) is 6.04 Å². The highest BCUT2D eigenvalue weighted by molar-refractivity contribution is 5.28. The molecule has 1 unspecified atom stereocenters. The average Bonchev–Trinajstić information content (AvgIpc) is 2.31. The summed E-state index contributed by atoms with van der Waals surface area (Å²) in [6.45, 7) is 6.13. The zero-order chi connectivity index (χ0) is 11.0. The summed E-state index contributed by atoms with van der Waals surface area (Å²) < 4.78 is 5.06. The van der Waals surface area contributed by atoms with Crippen LogP contribution in [0.5, 0.6) is 5.75 Å². The fourth-order valence-electron chi connectivity index (χ4n) is 1.06. The molecule has 0 aliphatic rings. The van der Waals surface area contributed by atoms with E-state index in [1.54, 1.807) is 7.11 Å². The minimum absolute atomic E-state index is 0.399. The summed E-state index contributed by atoms with van der Waals surface area (Å²) in [5, 5.41) is 3.18. The summed E-state index contributed by atoms with van der Waals surface area (Å²) in [5.41, 5.74) is 1.28. The van der Waals surface area contributed by atoms with Crippen LogP contribution in [-0.2, 0) is 0 Å². The maximum atomic E-state index is 5.06. The van der Waals surface area contributed by atoms with Crippen molar-refractivity contribution in [1.29, 1.82) is 0 Å². The lowest BCUT2D eigenvalue weighted by atomic mass is 10.1. The first kappa shape index (κ1) is 13.0. The molecule has 1 aromatic carbocycles. The van der Waals surface area contributed by atoms with Gasteiger partial charge in [-0.3, -0.25) is 0 Å². The van der Waals surface area contributed by atoms with Crippen LogP contribution in [0.3, 0.4) is 0 Å². The molecule has 0 amide bonds. The van der Waals surface area contributed by atoms with Crippen LogP contribution in [0.15, 0.2) is 24.3 Å². The van der Waals surface area contributed by atoms with E-state index in [9.17, 15) is 0 Å². The van der Waals surface area contributed by atoms with Crippen molar-refractivity contribution in [3.05, 3.63) is 29.8 Å². The van der Waals surface area contributed by atoms with E-state index < -0.39 is 0 Å². The lowest BCUT2D eigenvalue weighted by Gasteiger charge is -2.10. The first-order valence-electron chi connectivity index (χ1n) is 5.09. The maximum Gasteiger partial charge on any atom is 0.118 e. The molecule has 0 bridgehead atoms. The molecule has 0 aliphatic carbocycles. The Balaban J connectivity index is 0.000000791. The predicted molar refractivity (Wildman–Crippen MR) is 61.8 cm³/mol. The first-order chi connectivity index (χ1) is 6.77. The molecule has 1 aromatic rings. The fraction of sp³-hybridized carbons (Fsp3) is 0.500. The molecule has 0 spiro atoms. The van der Waals surface area contributed by atoms with E-state index in [4.69, 9.17) is 4.74 Å². The molecule has 0 saturated carbocycles. The third-order valence-electron chi connectivity index (χ3n) is 2.05. The van der Waals surface area contributed by atoms with E-state index in [1.165, 1.54) is 5.56 Å². The maximum absolute atomic E-state index is 5.06. The van der Waals surface area contributed by atoms with Crippen LogP contribution < -0.4 is 10.1 Å². The van der Waals surface area contributed by atoms with E-state index in [-0.39, 0.29) is 0 Å². The Morgan fingerprint density at radius 2 is 1.64 bits per heavy atom. The number of nitrogens with one attached hydrogen (secondary N) is 1. The number of hydrogen-bond donors (Lipinski definition) is 1. The number of hydrogen-bond acceptors (Lipinski definition) is 2. The van der Waals surface area contributed by atoms with Crippen molar-refractivity contribution < 1.29 is 4.74 Å². The van der Waals surface area contributed by atoms with Gasteiger partial charge >= 0.3 is 0 Å². The molecule has 1 atom stereocenters. The average molecular weight is 195 g/mol. The molecule has 0 saturated heterocycles. The zero-order valence-corrected chi connectivity index (χ0v) is 9.79. The van der Waals surface area contributed by atoms with E-state index >= 15 is 0 Å². The lowest BCUT2D eigenvalue weighted by Crippen LogP contribution is -2.11. The minimum atomic E-state index is 0.399. The number of methoxy groups -OCH3 is 1. The molecule has 0 fully saturated rings. The molecule has 0 aliphatic heterocycles. The SMILES string of the molecule is CC.CNC(C)c1ccc(OC)cc1. The largest absolute Gasteiger partial charge is 0.497 e. The molecular weight excluding hydrogens is 174 g/mol. The van der Waals surface area contributed by atoms with Crippen LogP contribution in [-0.4, -0.2) is 14.2 Å². The second-order valence-electron chi connectivity index (χ2n) is 2.78. The van der Waals surface area contributed by atoms with Gasteiger partial charge in [0.15, 0.2) is 0 Å². The summed E-state index contributed by atoms with van der Waals surface area (Å²) in [5.74, 6) is 0.905. The van der Waals surface area contributed by atoms with Gasteiger partial charge in [-0.05, 0) is 31.7 Å². The number of benzene rings is 1. The highest BCUT2D eigenvalue weighted by Crippen LogP contribution is 2.16. The summed E-state index contributed by atoms with van der Waals surface area (Å²) in [6.07, 6.45) is 0. The van der Waals surface area contributed by atoms with Gasteiger partial charge in [-0.25, -0.2) is 0 Å². The van der Waals surface area contributed by atoms with Crippen LogP contribution >= 0.6 is 0 Å². The van der Waals surface area contributed by atoms with Crippen molar-refractivity contribution in [1.82, 2.24) is 5.32 Å². The Bertz CT molecular complexity index is 231. The Labute approximate surface area is 87.3 Å². The van der Waals surface area contributed by atoms with Gasteiger partial charge in [0.05, 0.1) is 7.11 Å². The van der Waals surface area contributed by atoms with E-state index in [2.05, 4.69) is 24.4 Å². The molecule has 2 heteroatoms. The molecule has 0 aromatic heterocycles. The molecule has 1 N–H and O–H groups in total. The predicted octanol–water partition coefficient (Wildman–Crippen LogP) is 3.00. The lowest BCUT2D eigenvalue weighted by molar-refractivity contribution is 0.414. The second-order valence-corrected chi connectivity index (χ2v) is 2.78. The zero-order valence-electron chi connectivity index (χ0n) is 9.79. The van der Waals surface area contributed by atoms with Crippen molar-refractivity contribution in [3.8, 4) is 5.75 Å². The molecule has 80 valence electrons. The molecule has 1 rings (SSSR count). The monoisotopic (exact) mass is 195 g/mol. The smallest absolute Gasteiger partial charge is 0.118 e. The van der Waals surface area contributed by atoms with E-state index in [1.807, 2.05) is 33.0 Å². The number of ether oxygens (including phenoxy) is 1. The summed E-state index contributed by atoms with van der Waals surface area (Å²) >= 11 is 0. The Morgan fingerprint density at radius 3 is 2.00 bits per heavy atom. The third kappa shape index (κ3) is 3.79. The topological polar surface area (TPSA) is 21.3 Å². The van der Waals surface area contributed by atoms with Gasteiger partial charge in [-0.1, -0.05) is 26.0 Å². The fourth-order valence-corrected chi connectivity index (χ4v) is 1.06. The Morgan fingerprint density at radius 1 is 1.14 bits per heavy atom. The van der Waals surface area contributed by atoms with Gasteiger partial charge < -0.3 is 10.1 Å². The van der Waals surface area contributed by atoms with Crippen LogP contribution in [0.1, 0.15) is 32.4 Å². The standard InChI is InChI=1S/C10H15NO.C2H6/c1-8(11-2)9-4-6-10(12-3)7-5-9;1-2/h4-8,11H,1-3H3;1-2H3. The first-order valence-corrected chi connectivity index (χ1v) is 5.09. The third-order valence-corrected chi connectivity index (χ3v) is 2.05. The highest BCUT2D eigenvalue weighted by atomic mass is 16.5. The molecule has 0 heterocycles. The minimum Gasteiger partial charge on any atom is -0.497 e. The quantitative estimate of drug-likeness (QED) is 0.800. The highest BCUT2D eigenvalue weighted by Gasteiger charge is 2.00. The molecular formula is C12H21NO. The van der Waals surface area contributed by atoms with Crippen molar-refractivity contribution >= 4 is 0 Å². The summed E-state index contributed by atoms with van der Waals surface area (Å²) in [7, 11) is 3.63. The van der Waals surface area contributed by atoms with Crippen LogP contribution in [0.4, 0.5) is 0 Å². The van der Waals surface area contributed by atoms with Crippen molar-refractivity contribution in [2.75, 3.05) is 14.2 Å². The van der Waals surface area contributed by atoms with Gasteiger partial charge in [0.1, 0.15) is 5.75 Å². The van der Waals surface area contributed by atoms with Gasteiger partial charge in [0, 0.05) is 6.04 Å². The number of rotatable bonds is 3. The van der Waals surface area contributed by atoms with Crippen LogP contribution in [0.2, 0.25) is 0 Å². The summed E-state index contributed by atoms with van der Waals surface area (Å²) in [4.78, 5) is 0. The van der Waals surface area contributed by atoms with Gasteiger partial charge in [-0.15, -0.1) is 0 Å². The second kappa shape index (κ2) is 7.39. The van der Waals surface area contributed by atoms with Gasteiger partial charge in [-0.2, -0.15) is 0 Å². The summed E-state index contributed by atoms with van der Waals surface area (Å²) in [6, 6.07) is 8.49. The molecule has 14 heavy (non-hydrogen) atoms. The van der Waals surface area contributed by atoms with Crippen LogP contribution in [0, 0.1) is 0 Å². The normalized spacial score (nSPS) is 11.2. The van der Waals surface area contributed by atoms with Gasteiger partial charge in [0.2, 0.25) is 0 Å². The Kier molecular flexibility index (Phi) is 6.85. The Hall–Kier alpha value is -1.02. The van der Waals surface area contributed by atoms with E-state index in [0.717, 1.165) is 5.75 Å². The van der Waals surface area contributed by atoms with Crippen molar-refractivity contribution in [3.63, 3.8) is 0 Å². The molecule has 0 radical (unpaired) electrons. The van der Waals surface area contributed by atoms with Crippen molar-refractivity contribution in [2.45, 2.75) is 26.8 Å². The van der Waals surface area contributed by atoms with Gasteiger partial charge in [0.25, 0.3) is 0 Å². The van der Waals surface area contributed by atoms with Crippen LogP contribution in [0.25, 0.3) is 0 Å². The molecule has 2 nitrogen and oxygen atoms in total.